The van der Waals surface area contributed by atoms with Crippen molar-refractivity contribution in [2.45, 2.75) is 32.9 Å². The van der Waals surface area contributed by atoms with Gasteiger partial charge in [0.25, 0.3) is 5.91 Å². The molecule has 1 atom stereocenters. The number of benzene rings is 1. The number of hydrogen-bond acceptors (Lipinski definition) is 4. The zero-order valence-corrected chi connectivity index (χ0v) is 16.1. The Kier molecular flexibility index (Phi) is 8.40. The number of amides is 1. The SMILES string of the molecule is CCNC(=NCc1ccc(C(=O)NC)cc1)NC(C)CCS(C)(=O)=O. The molecule has 0 radical (unpaired) electrons. The van der Waals surface area contributed by atoms with Crippen molar-refractivity contribution in [1.82, 2.24) is 16.0 Å². The predicted molar refractivity (Wildman–Crippen MR) is 102 cm³/mol. The molecule has 0 saturated carbocycles. The highest BCUT2D eigenvalue weighted by Crippen LogP contribution is 2.06. The van der Waals surface area contributed by atoms with E-state index < -0.39 is 9.84 Å². The summed E-state index contributed by atoms with van der Waals surface area (Å²) in [5.74, 6) is 0.658. The van der Waals surface area contributed by atoms with E-state index in [1.807, 2.05) is 26.0 Å². The van der Waals surface area contributed by atoms with E-state index in [-0.39, 0.29) is 17.7 Å². The van der Waals surface area contributed by atoms with Crippen molar-refractivity contribution in [3.05, 3.63) is 35.4 Å². The molecule has 0 spiro atoms. The van der Waals surface area contributed by atoms with Crippen LogP contribution in [0.3, 0.4) is 0 Å². The third-order valence-corrected chi connectivity index (χ3v) is 4.49. The van der Waals surface area contributed by atoms with E-state index in [0.29, 0.717) is 31.0 Å². The summed E-state index contributed by atoms with van der Waals surface area (Å²) < 4.78 is 22.5. The van der Waals surface area contributed by atoms with Crippen molar-refractivity contribution in [2.75, 3.05) is 25.6 Å². The minimum Gasteiger partial charge on any atom is -0.357 e. The van der Waals surface area contributed by atoms with Gasteiger partial charge < -0.3 is 16.0 Å². The molecule has 8 heteroatoms. The second kappa shape index (κ2) is 10.0. The first kappa shape index (κ1) is 21.0. The van der Waals surface area contributed by atoms with Gasteiger partial charge in [0.15, 0.2) is 5.96 Å². The lowest BCUT2D eigenvalue weighted by Gasteiger charge is -2.17. The Bertz CT molecular complexity index is 684. The first-order valence-corrected chi connectivity index (χ1v) is 10.3. The smallest absolute Gasteiger partial charge is 0.251 e. The van der Waals surface area contributed by atoms with E-state index in [0.717, 1.165) is 5.56 Å². The van der Waals surface area contributed by atoms with E-state index in [4.69, 9.17) is 0 Å². The highest BCUT2D eigenvalue weighted by atomic mass is 32.2. The average Bonchev–Trinajstić information content (AvgIpc) is 2.57. The van der Waals surface area contributed by atoms with Gasteiger partial charge in [0.2, 0.25) is 0 Å². The van der Waals surface area contributed by atoms with Gasteiger partial charge in [-0.3, -0.25) is 4.79 Å². The van der Waals surface area contributed by atoms with Gasteiger partial charge in [-0.05, 0) is 38.0 Å². The lowest BCUT2D eigenvalue weighted by Crippen LogP contribution is -2.42. The van der Waals surface area contributed by atoms with E-state index in [1.54, 1.807) is 19.2 Å². The number of aliphatic imine (C=N–C) groups is 1. The molecule has 0 aliphatic rings. The lowest BCUT2D eigenvalue weighted by molar-refractivity contribution is 0.0963. The molecule has 0 fully saturated rings. The molecular formula is C17H28N4O3S. The zero-order valence-electron chi connectivity index (χ0n) is 15.3. The van der Waals surface area contributed by atoms with Crippen molar-refractivity contribution in [2.24, 2.45) is 4.99 Å². The standard InChI is InChI=1S/C17H28N4O3S/c1-5-19-17(21-13(2)10-11-25(4,23)24)20-12-14-6-8-15(9-7-14)16(22)18-3/h6-9,13H,5,10-12H2,1-4H3,(H,18,22)(H2,19,20,21). The fraction of sp³-hybridized carbons (Fsp3) is 0.529. The summed E-state index contributed by atoms with van der Waals surface area (Å²) in [4.78, 5) is 16.0. The molecule has 3 N–H and O–H groups in total. The second-order valence-corrected chi connectivity index (χ2v) is 8.19. The Hall–Kier alpha value is -2.09. The van der Waals surface area contributed by atoms with Crippen molar-refractivity contribution in [1.29, 1.82) is 0 Å². The molecule has 0 saturated heterocycles. The normalized spacial score (nSPS) is 13.2. The van der Waals surface area contributed by atoms with Crippen LogP contribution in [-0.4, -0.2) is 51.9 Å². The van der Waals surface area contributed by atoms with Crippen LogP contribution in [-0.2, 0) is 16.4 Å². The summed E-state index contributed by atoms with van der Waals surface area (Å²) >= 11 is 0. The van der Waals surface area contributed by atoms with Crippen LogP contribution in [0, 0.1) is 0 Å². The maximum absolute atomic E-state index is 11.5. The molecule has 1 amide bonds. The highest BCUT2D eigenvalue weighted by molar-refractivity contribution is 7.90. The molecule has 0 aromatic heterocycles. The van der Waals surface area contributed by atoms with Crippen LogP contribution in [0.4, 0.5) is 0 Å². The number of sulfone groups is 1. The van der Waals surface area contributed by atoms with E-state index >= 15 is 0 Å². The van der Waals surface area contributed by atoms with Crippen LogP contribution < -0.4 is 16.0 Å². The van der Waals surface area contributed by atoms with Gasteiger partial charge in [-0.1, -0.05) is 12.1 Å². The number of carbonyl (C=O) groups excluding carboxylic acids is 1. The van der Waals surface area contributed by atoms with Gasteiger partial charge in [-0.2, -0.15) is 0 Å². The summed E-state index contributed by atoms with van der Waals surface area (Å²) in [7, 11) is -1.37. The minimum atomic E-state index is -2.97. The third kappa shape index (κ3) is 8.53. The Balaban J connectivity index is 2.67. The quantitative estimate of drug-likeness (QED) is 0.468. The molecule has 0 aliphatic carbocycles. The topological polar surface area (TPSA) is 99.7 Å². The Morgan fingerprint density at radius 2 is 1.88 bits per heavy atom. The Morgan fingerprint density at radius 3 is 2.40 bits per heavy atom. The van der Waals surface area contributed by atoms with Crippen LogP contribution in [0.2, 0.25) is 0 Å². The van der Waals surface area contributed by atoms with Crippen LogP contribution in [0.1, 0.15) is 36.2 Å². The highest BCUT2D eigenvalue weighted by Gasteiger charge is 2.09. The van der Waals surface area contributed by atoms with Crippen molar-refractivity contribution in [3.8, 4) is 0 Å². The number of carbonyl (C=O) groups is 1. The minimum absolute atomic E-state index is 0.0110. The van der Waals surface area contributed by atoms with Crippen LogP contribution >= 0.6 is 0 Å². The largest absolute Gasteiger partial charge is 0.357 e. The van der Waals surface area contributed by atoms with Gasteiger partial charge in [0, 0.05) is 31.5 Å². The summed E-state index contributed by atoms with van der Waals surface area (Å²) in [6, 6.07) is 7.25. The predicted octanol–water partition coefficient (Wildman–Crippen LogP) is 0.925. The number of hydrogen-bond donors (Lipinski definition) is 3. The molecule has 1 aromatic carbocycles. The number of guanidine groups is 1. The average molecular weight is 369 g/mol. The van der Waals surface area contributed by atoms with E-state index in [9.17, 15) is 13.2 Å². The maximum atomic E-state index is 11.5. The molecule has 7 nitrogen and oxygen atoms in total. The third-order valence-electron chi connectivity index (χ3n) is 3.51. The lowest BCUT2D eigenvalue weighted by atomic mass is 10.1. The molecule has 1 aromatic rings. The van der Waals surface area contributed by atoms with Gasteiger partial charge in [0.05, 0.1) is 12.3 Å². The molecule has 25 heavy (non-hydrogen) atoms. The molecule has 0 heterocycles. The second-order valence-electron chi connectivity index (χ2n) is 5.94. The first-order valence-electron chi connectivity index (χ1n) is 8.28. The van der Waals surface area contributed by atoms with Crippen LogP contribution in [0.25, 0.3) is 0 Å². The van der Waals surface area contributed by atoms with Crippen molar-refractivity contribution >= 4 is 21.7 Å². The first-order chi connectivity index (χ1) is 11.7. The zero-order chi connectivity index (χ0) is 18.9. The van der Waals surface area contributed by atoms with Gasteiger partial charge in [-0.25, -0.2) is 13.4 Å². The van der Waals surface area contributed by atoms with Gasteiger partial charge >= 0.3 is 0 Å². The number of nitrogens with one attached hydrogen (secondary N) is 3. The molecular weight excluding hydrogens is 340 g/mol. The summed E-state index contributed by atoms with van der Waals surface area (Å²) in [5, 5.41) is 8.94. The van der Waals surface area contributed by atoms with E-state index in [2.05, 4.69) is 20.9 Å². The summed E-state index contributed by atoms with van der Waals surface area (Å²) in [6.45, 7) is 5.06. The van der Waals surface area contributed by atoms with Crippen LogP contribution in [0.5, 0.6) is 0 Å². The van der Waals surface area contributed by atoms with Gasteiger partial charge in [0.1, 0.15) is 9.84 Å². The fourth-order valence-electron chi connectivity index (χ4n) is 2.09. The van der Waals surface area contributed by atoms with Gasteiger partial charge in [-0.15, -0.1) is 0 Å². The summed E-state index contributed by atoms with van der Waals surface area (Å²) in [5.41, 5.74) is 1.59. The molecule has 0 bridgehead atoms. The molecule has 140 valence electrons. The summed E-state index contributed by atoms with van der Waals surface area (Å²) in [6.07, 6.45) is 1.76. The van der Waals surface area contributed by atoms with Crippen molar-refractivity contribution in [3.63, 3.8) is 0 Å². The Labute approximate surface area is 150 Å². The fourth-order valence-corrected chi connectivity index (χ4v) is 2.87. The number of nitrogens with zero attached hydrogens (tertiary/aromatic N) is 1. The molecule has 1 unspecified atom stereocenters. The number of rotatable bonds is 8. The molecule has 1 rings (SSSR count). The van der Waals surface area contributed by atoms with Crippen molar-refractivity contribution < 1.29 is 13.2 Å². The monoisotopic (exact) mass is 368 g/mol. The van der Waals surface area contributed by atoms with Crippen LogP contribution in [0.15, 0.2) is 29.3 Å². The Morgan fingerprint density at radius 1 is 1.24 bits per heavy atom. The van der Waals surface area contributed by atoms with E-state index in [1.165, 1.54) is 6.26 Å². The maximum Gasteiger partial charge on any atom is 0.251 e. The molecule has 0 aliphatic heterocycles.